The molecule has 0 atom stereocenters. The fourth-order valence-corrected chi connectivity index (χ4v) is 5.29. The molecule has 1 aliphatic carbocycles. The number of benzene rings is 2. The number of methoxy groups -OCH3 is 1. The molecule has 0 bridgehead atoms. The van der Waals surface area contributed by atoms with Gasteiger partial charge in [-0.05, 0) is 55.0 Å². The number of aryl methyl sites for hydroxylation is 1. The minimum Gasteiger partial charge on any atom is -0.496 e. The van der Waals surface area contributed by atoms with E-state index in [2.05, 4.69) is 21.2 Å². The van der Waals surface area contributed by atoms with E-state index in [1.807, 2.05) is 48.5 Å². The van der Waals surface area contributed by atoms with Crippen LogP contribution in [0.4, 0.5) is 5.00 Å². The van der Waals surface area contributed by atoms with Gasteiger partial charge in [0.1, 0.15) is 10.8 Å². The molecule has 0 fully saturated rings. The van der Waals surface area contributed by atoms with E-state index in [4.69, 9.17) is 9.73 Å². The molecule has 1 aliphatic rings. The van der Waals surface area contributed by atoms with Crippen molar-refractivity contribution in [2.24, 2.45) is 4.99 Å². The summed E-state index contributed by atoms with van der Waals surface area (Å²) < 4.78 is 6.40. The van der Waals surface area contributed by atoms with Crippen molar-refractivity contribution in [3.63, 3.8) is 0 Å². The zero-order valence-corrected chi connectivity index (χ0v) is 19.2. The molecule has 0 unspecified atom stereocenters. The number of rotatable bonds is 6. The number of carbonyl (C=O) groups excluding carboxylic acids is 1. The van der Waals surface area contributed by atoms with E-state index in [1.54, 1.807) is 24.7 Å². The molecule has 0 saturated carbocycles. The van der Waals surface area contributed by atoms with Gasteiger partial charge in [0.05, 0.1) is 12.7 Å². The molecule has 0 radical (unpaired) electrons. The highest BCUT2D eigenvalue weighted by Crippen LogP contribution is 2.40. The van der Waals surface area contributed by atoms with Crippen LogP contribution in [0.5, 0.6) is 5.75 Å². The van der Waals surface area contributed by atoms with E-state index < -0.39 is 0 Å². The molecule has 1 N–H and O–H groups in total. The molecular formula is C24H23BrN2O2S. The predicted molar refractivity (Wildman–Crippen MR) is 127 cm³/mol. The van der Waals surface area contributed by atoms with Gasteiger partial charge in [-0.2, -0.15) is 0 Å². The van der Waals surface area contributed by atoms with Gasteiger partial charge in [0.2, 0.25) is 0 Å². The van der Waals surface area contributed by atoms with Crippen LogP contribution in [0.1, 0.15) is 44.8 Å². The van der Waals surface area contributed by atoms with Gasteiger partial charge in [0.25, 0.3) is 5.91 Å². The molecule has 3 aromatic rings. The van der Waals surface area contributed by atoms with Crippen LogP contribution in [-0.2, 0) is 19.4 Å². The van der Waals surface area contributed by atoms with Crippen LogP contribution in [0.3, 0.4) is 0 Å². The highest BCUT2D eigenvalue weighted by atomic mass is 79.9. The number of thiophene rings is 1. The highest BCUT2D eigenvalue weighted by molar-refractivity contribution is 9.10. The third-order valence-electron chi connectivity index (χ3n) is 5.19. The first-order valence-corrected chi connectivity index (χ1v) is 11.6. The highest BCUT2D eigenvalue weighted by Gasteiger charge is 2.25. The topological polar surface area (TPSA) is 50.7 Å². The van der Waals surface area contributed by atoms with Gasteiger partial charge in [-0.1, -0.05) is 46.3 Å². The van der Waals surface area contributed by atoms with Crippen molar-refractivity contribution in [2.75, 3.05) is 7.11 Å². The molecule has 4 nitrogen and oxygen atoms in total. The molecule has 1 aromatic heterocycles. The Morgan fingerprint density at radius 3 is 2.80 bits per heavy atom. The van der Waals surface area contributed by atoms with E-state index in [0.29, 0.717) is 6.54 Å². The fourth-order valence-electron chi connectivity index (χ4n) is 3.68. The van der Waals surface area contributed by atoms with Crippen molar-refractivity contribution >= 4 is 44.4 Å². The van der Waals surface area contributed by atoms with Crippen molar-refractivity contribution < 1.29 is 9.53 Å². The maximum Gasteiger partial charge on any atom is 0.254 e. The summed E-state index contributed by atoms with van der Waals surface area (Å²) in [5, 5.41) is 3.86. The fraction of sp³-hybridized carbons (Fsp3) is 0.250. The van der Waals surface area contributed by atoms with Crippen molar-refractivity contribution in [3.05, 3.63) is 80.1 Å². The lowest BCUT2D eigenvalue weighted by atomic mass is 9.95. The summed E-state index contributed by atoms with van der Waals surface area (Å²) in [6.45, 7) is 0.507. The van der Waals surface area contributed by atoms with E-state index in [9.17, 15) is 4.79 Å². The smallest absolute Gasteiger partial charge is 0.254 e. The number of aliphatic imine (C=N–C) groups is 1. The Morgan fingerprint density at radius 2 is 2.00 bits per heavy atom. The number of ether oxygens (including phenoxy) is 1. The van der Waals surface area contributed by atoms with E-state index in [1.165, 1.54) is 16.9 Å². The number of hydrogen-bond acceptors (Lipinski definition) is 4. The van der Waals surface area contributed by atoms with Crippen molar-refractivity contribution in [1.82, 2.24) is 5.32 Å². The molecule has 1 heterocycles. The van der Waals surface area contributed by atoms with Crippen LogP contribution in [-0.4, -0.2) is 19.2 Å². The molecular weight excluding hydrogens is 460 g/mol. The van der Waals surface area contributed by atoms with Gasteiger partial charge in [-0.15, -0.1) is 11.3 Å². The van der Waals surface area contributed by atoms with Gasteiger partial charge in [-0.25, -0.2) is 4.99 Å². The Kier molecular flexibility index (Phi) is 6.65. The Bertz CT molecular complexity index is 1080. The molecule has 30 heavy (non-hydrogen) atoms. The lowest BCUT2D eigenvalue weighted by Crippen LogP contribution is -2.24. The summed E-state index contributed by atoms with van der Waals surface area (Å²) >= 11 is 5.14. The number of hydrogen-bond donors (Lipinski definition) is 1. The predicted octanol–water partition coefficient (Wildman–Crippen LogP) is 6.08. The molecule has 0 spiro atoms. The van der Waals surface area contributed by atoms with Crippen LogP contribution in [0.25, 0.3) is 0 Å². The number of carbonyl (C=O) groups is 1. The first-order chi connectivity index (χ1) is 14.7. The lowest BCUT2D eigenvalue weighted by Gasteiger charge is -2.13. The van der Waals surface area contributed by atoms with E-state index in [-0.39, 0.29) is 5.91 Å². The Balaban J connectivity index is 1.64. The van der Waals surface area contributed by atoms with Crippen molar-refractivity contribution in [1.29, 1.82) is 0 Å². The molecule has 0 aliphatic heterocycles. The number of nitrogens with one attached hydrogen (secondary N) is 1. The Morgan fingerprint density at radius 1 is 1.20 bits per heavy atom. The largest absolute Gasteiger partial charge is 0.496 e. The molecule has 1 amide bonds. The third-order valence-corrected chi connectivity index (χ3v) is 6.88. The monoisotopic (exact) mass is 482 g/mol. The third kappa shape index (κ3) is 4.65. The van der Waals surface area contributed by atoms with Gasteiger partial charge < -0.3 is 10.1 Å². The average molecular weight is 483 g/mol. The number of amides is 1. The first-order valence-electron chi connectivity index (χ1n) is 10.00. The first kappa shape index (κ1) is 20.8. The summed E-state index contributed by atoms with van der Waals surface area (Å²) in [6, 6.07) is 15.8. The summed E-state index contributed by atoms with van der Waals surface area (Å²) in [6.07, 6.45) is 6.03. The van der Waals surface area contributed by atoms with Crippen LogP contribution >= 0.6 is 27.3 Å². The molecule has 4 rings (SSSR count). The van der Waals surface area contributed by atoms with Gasteiger partial charge in [0.15, 0.2) is 0 Å². The zero-order chi connectivity index (χ0) is 20.9. The van der Waals surface area contributed by atoms with E-state index in [0.717, 1.165) is 51.2 Å². The second-order valence-electron chi connectivity index (χ2n) is 7.20. The second kappa shape index (κ2) is 9.58. The van der Waals surface area contributed by atoms with Crippen LogP contribution in [0.15, 0.2) is 58.0 Å². The molecule has 2 aromatic carbocycles. The quantitative estimate of drug-likeness (QED) is 0.432. The molecule has 154 valence electrons. The zero-order valence-electron chi connectivity index (χ0n) is 16.8. The van der Waals surface area contributed by atoms with Crippen LogP contribution < -0.4 is 10.1 Å². The van der Waals surface area contributed by atoms with Gasteiger partial charge >= 0.3 is 0 Å². The summed E-state index contributed by atoms with van der Waals surface area (Å²) in [4.78, 5) is 19.2. The maximum absolute atomic E-state index is 13.1. The maximum atomic E-state index is 13.1. The molecule has 0 saturated heterocycles. The van der Waals surface area contributed by atoms with E-state index >= 15 is 0 Å². The van der Waals surface area contributed by atoms with Crippen molar-refractivity contribution in [3.8, 4) is 5.75 Å². The van der Waals surface area contributed by atoms with Gasteiger partial charge in [-0.3, -0.25) is 4.79 Å². The standard InChI is InChI=1S/C24H23BrN2O2S/c1-29-20-12-11-18(25)13-17(20)15-27-24-22(19-9-5-6-10-21(19)30-24)23(28)26-14-16-7-3-2-4-8-16/h2-4,7-8,11-13,15H,5-6,9-10,14H2,1H3,(H,26,28)/b27-15-. The average Bonchev–Trinajstić information content (AvgIpc) is 3.15. The summed E-state index contributed by atoms with van der Waals surface area (Å²) in [5.74, 6) is 0.699. The lowest BCUT2D eigenvalue weighted by molar-refractivity contribution is 0.0951. The number of halogens is 1. The number of fused-ring (bicyclic) bond motifs is 1. The van der Waals surface area contributed by atoms with Gasteiger partial charge in [0, 0.05) is 27.7 Å². The SMILES string of the molecule is COc1ccc(Br)cc1/C=N\c1sc2c(c1C(=O)NCc1ccccc1)CCCC2. The normalized spacial score (nSPS) is 13.3. The Labute approximate surface area is 189 Å². The number of nitrogens with zero attached hydrogens (tertiary/aromatic N) is 1. The minimum absolute atomic E-state index is 0.0494. The van der Waals surface area contributed by atoms with Crippen LogP contribution in [0.2, 0.25) is 0 Å². The van der Waals surface area contributed by atoms with Crippen LogP contribution in [0, 0.1) is 0 Å². The minimum atomic E-state index is -0.0494. The summed E-state index contributed by atoms with van der Waals surface area (Å²) in [5.41, 5.74) is 3.86. The Hall–Kier alpha value is -2.44. The van der Waals surface area contributed by atoms with Crippen molar-refractivity contribution in [2.45, 2.75) is 32.2 Å². The summed E-state index contributed by atoms with van der Waals surface area (Å²) in [7, 11) is 1.65. The molecule has 6 heteroatoms. The second-order valence-corrected chi connectivity index (χ2v) is 9.20.